The minimum Gasteiger partial charge on any atom is -0.496 e. The molecule has 0 bridgehead atoms. The molecule has 1 fully saturated rings. The number of sulfone groups is 1. The van der Waals surface area contributed by atoms with Gasteiger partial charge < -0.3 is 10.1 Å². The number of anilines is 1. The quantitative estimate of drug-likeness (QED) is 0.479. The second-order valence-corrected chi connectivity index (χ2v) is 10.8. The molecule has 32 heavy (non-hydrogen) atoms. The third kappa shape index (κ3) is 5.57. The monoisotopic (exact) mass is 491 g/mol. The van der Waals surface area contributed by atoms with Crippen LogP contribution in [-0.4, -0.2) is 76.6 Å². The Balaban J connectivity index is 2.57. The van der Waals surface area contributed by atoms with Crippen molar-refractivity contribution in [2.45, 2.75) is 44.6 Å². The molecule has 2 rings (SSSR count). The van der Waals surface area contributed by atoms with Crippen LogP contribution in [0, 0.1) is 0 Å². The van der Waals surface area contributed by atoms with Crippen LogP contribution in [0.3, 0.4) is 0 Å². The third-order valence-corrected chi connectivity index (χ3v) is 8.05. The van der Waals surface area contributed by atoms with E-state index in [2.05, 4.69) is 10.2 Å². The van der Waals surface area contributed by atoms with Gasteiger partial charge in [-0.3, -0.25) is 19.0 Å². The molecule has 1 aromatic carbocycles. The lowest BCUT2D eigenvalue weighted by Crippen LogP contribution is -2.40. The summed E-state index contributed by atoms with van der Waals surface area (Å²) in [5.41, 5.74) is -0.758. The van der Waals surface area contributed by atoms with Crippen molar-refractivity contribution in [3.63, 3.8) is 0 Å². The molecular weight excluding hydrogens is 462 g/mol. The average Bonchev–Trinajstić information content (AvgIpc) is 3.17. The number of likely N-dealkylation sites (N-methyl/N-ethyl adjacent to an activating group) is 1. The number of nitrogens with one attached hydrogen (secondary N) is 1. The maximum Gasteiger partial charge on any atom is 0.366 e. The molecule has 1 atom stereocenters. The summed E-state index contributed by atoms with van der Waals surface area (Å²) in [5, 5.41) is 2.77. The molecule has 0 aliphatic carbocycles. The third-order valence-electron chi connectivity index (χ3n) is 5.38. The maximum absolute atomic E-state index is 12.9. The smallest absolute Gasteiger partial charge is 0.366 e. The Morgan fingerprint density at radius 1 is 1.25 bits per heavy atom. The minimum absolute atomic E-state index is 0.0442. The first-order valence-corrected chi connectivity index (χ1v) is 13.2. The van der Waals surface area contributed by atoms with E-state index in [0.29, 0.717) is 6.54 Å². The van der Waals surface area contributed by atoms with E-state index in [0.717, 1.165) is 45.0 Å². The second-order valence-electron chi connectivity index (χ2n) is 7.32. The SMILES string of the molecule is CCN1CCCC1CNC(=O)c1cc(S(=O)(=O)CC)c(N(C(C)=O)S(=O)(=O)O)cc1OC. The number of likely N-dealkylation sites (tertiary alicyclic amines) is 1. The van der Waals surface area contributed by atoms with Gasteiger partial charge in [-0.1, -0.05) is 13.8 Å². The first-order chi connectivity index (χ1) is 14.9. The Labute approximate surface area is 188 Å². The summed E-state index contributed by atoms with van der Waals surface area (Å²) in [5.74, 6) is -2.33. The van der Waals surface area contributed by atoms with Gasteiger partial charge in [-0.05, 0) is 32.0 Å². The molecule has 0 aromatic heterocycles. The number of nitrogens with zero attached hydrogens (tertiary/aromatic N) is 2. The molecule has 2 amide bonds. The van der Waals surface area contributed by atoms with Crippen LogP contribution in [0.1, 0.15) is 44.0 Å². The summed E-state index contributed by atoms with van der Waals surface area (Å²) in [6.07, 6.45) is 1.93. The topological polar surface area (TPSA) is 150 Å². The van der Waals surface area contributed by atoms with Crippen LogP contribution in [0.4, 0.5) is 5.69 Å². The number of methoxy groups -OCH3 is 1. The molecule has 0 saturated carbocycles. The number of carbonyl (C=O) groups excluding carboxylic acids is 2. The van der Waals surface area contributed by atoms with Crippen LogP contribution in [0.25, 0.3) is 0 Å². The fourth-order valence-corrected chi connectivity index (χ4v) is 5.62. The van der Waals surface area contributed by atoms with Crippen LogP contribution in [0.15, 0.2) is 17.0 Å². The number of rotatable bonds is 9. The number of benzene rings is 1. The molecule has 0 spiro atoms. The van der Waals surface area contributed by atoms with E-state index in [1.54, 1.807) is 0 Å². The van der Waals surface area contributed by atoms with Gasteiger partial charge in [-0.15, -0.1) is 0 Å². The lowest BCUT2D eigenvalue weighted by Gasteiger charge is -2.24. The summed E-state index contributed by atoms with van der Waals surface area (Å²) in [6.45, 7) is 6.33. The molecule has 2 N–H and O–H groups in total. The molecular formula is C19H29N3O8S2. The van der Waals surface area contributed by atoms with E-state index < -0.39 is 48.3 Å². The van der Waals surface area contributed by atoms with E-state index in [9.17, 15) is 31.0 Å². The van der Waals surface area contributed by atoms with E-state index in [1.165, 1.54) is 14.0 Å². The van der Waals surface area contributed by atoms with Gasteiger partial charge in [0.05, 0.1) is 29.0 Å². The Bertz CT molecular complexity index is 1090. The largest absolute Gasteiger partial charge is 0.496 e. The molecule has 1 unspecified atom stereocenters. The fraction of sp³-hybridized carbons (Fsp3) is 0.579. The zero-order chi connectivity index (χ0) is 24.3. The van der Waals surface area contributed by atoms with Gasteiger partial charge in [0.15, 0.2) is 9.84 Å². The van der Waals surface area contributed by atoms with Gasteiger partial charge in [0, 0.05) is 25.6 Å². The maximum atomic E-state index is 12.9. The van der Waals surface area contributed by atoms with Crippen molar-refractivity contribution < 1.29 is 35.7 Å². The van der Waals surface area contributed by atoms with E-state index >= 15 is 0 Å². The normalized spacial score (nSPS) is 17.2. The van der Waals surface area contributed by atoms with Crippen molar-refractivity contribution in [3.05, 3.63) is 17.7 Å². The Morgan fingerprint density at radius 2 is 1.91 bits per heavy atom. The summed E-state index contributed by atoms with van der Waals surface area (Å²) in [4.78, 5) is 26.5. The lowest BCUT2D eigenvalue weighted by atomic mass is 10.1. The molecule has 0 radical (unpaired) electrons. The van der Waals surface area contributed by atoms with Crippen molar-refractivity contribution in [1.29, 1.82) is 0 Å². The van der Waals surface area contributed by atoms with E-state index in [4.69, 9.17) is 4.74 Å². The number of ether oxygens (including phenoxy) is 1. The van der Waals surface area contributed by atoms with E-state index in [1.807, 2.05) is 6.92 Å². The molecule has 1 aliphatic rings. The highest BCUT2D eigenvalue weighted by molar-refractivity contribution is 7.92. The van der Waals surface area contributed by atoms with Gasteiger partial charge in [0.1, 0.15) is 5.75 Å². The van der Waals surface area contributed by atoms with Crippen LogP contribution < -0.4 is 14.4 Å². The summed E-state index contributed by atoms with van der Waals surface area (Å²) in [6, 6.07) is 2.07. The highest BCUT2D eigenvalue weighted by Gasteiger charge is 2.33. The number of hydrogen-bond acceptors (Lipinski definition) is 8. The first kappa shape index (κ1) is 26.0. The van der Waals surface area contributed by atoms with Gasteiger partial charge in [0.25, 0.3) is 5.91 Å². The van der Waals surface area contributed by atoms with Crippen molar-refractivity contribution in [3.8, 4) is 5.75 Å². The highest BCUT2D eigenvalue weighted by atomic mass is 32.2. The van der Waals surface area contributed by atoms with Crippen LogP contribution in [-0.2, 0) is 24.9 Å². The number of amides is 2. The Morgan fingerprint density at radius 3 is 2.41 bits per heavy atom. The van der Waals surface area contributed by atoms with Crippen molar-refractivity contribution >= 4 is 37.6 Å². The zero-order valence-corrected chi connectivity index (χ0v) is 20.1. The molecule has 1 aromatic rings. The number of hydrogen-bond donors (Lipinski definition) is 2. The van der Waals surface area contributed by atoms with Gasteiger partial charge >= 0.3 is 10.3 Å². The van der Waals surface area contributed by atoms with Crippen molar-refractivity contribution in [2.24, 2.45) is 0 Å². The molecule has 1 aliphatic heterocycles. The Kier molecular flexibility index (Phi) is 8.26. The van der Waals surface area contributed by atoms with Crippen LogP contribution >= 0.6 is 0 Å². The van der Waals surface area contributed by atoms with Crippen LogP contribution in [0.2, 0.25) is 0 Å². The average molecular weight is 492 g/mol. The predicted molar refractivity (Wildman–Crippen MR) is 118 cm³/mol. The molecule has 180 valence electrons. The predicted octanol–water partition coefficient (Wildman–Crippen LogP) is 0.859. The molecule has 13 heteroatoms. The summed E-state index contributed by atoms with van der Waals surface area (Å²) in [7, 11) is -8.03. The zero-order valence-electron chi connectivity index (χ0n) is 18.5. The van der Waals surface area contributed by atoms with Crippen molar-refractivity contribution in [2.75, 3.05) is 36.8 Å². The Hall–Kier alpha value is -2.22. The fourth-order valence-electron chi connectivity index (χ4n) is 3.76. The highest BCUT2D eigenvalue weighted by Crippen LogP contribution is 2.35. The minimum atomic E-state index is -5.14. The lowest BCUT2D eigenvalue weighted by molar-refractivity contribution is -0.115. The summed E-state index contributed by atoms with van der Waals surface area (Å²) < 4.78 is 63.7. The van der Waals surface area contributed by atoms with Gasteiger partial charge in [0.2, 0.25) is 5.91 Å². The first-order valence-electron chi connectivity index (χ1n) is 10.1. The summed E-state index contributed by atoms with van der Waals surface area (Å²) >= 11 is 0. The molecule has 1 saturated heterocycles. The van der Waals surface area contributed by atoms with Crippen LogP contribution in [0.5, 0.6) is 5.75 Å². The van der Waals surface area contributed by atoms with Gasteiger partial charge in [-0.25, -0.2) is 8.42 Å². The second kappa shape index (κ2) is 10.1. The molecule has 11 nitrogen and oxygen atoms in total. The van der Waals surface area contributed by atoms with Crippen molar-refractivity contribution in [1.82, 2.24) is 10.2 Å². The standard InChI is InChI=1S/C19H29N3O8S2/c1-5-21-9-7-8-14(21)12-20-19(24)15-10-18(31(25,26)6-2)16(11-17(15)30-4)22(13(3)23)32(27,28)29/h10-11,14H,5-9,12H2,1-4H3,(H,20,24)(H,27,28,29). The van der Waals surface area contributed by atoms with Gasteiger partial charge in [-0.2, -0.15) is 12.7 Å². The van der Waals surface area contributed by atoms with E-state index in [-0.39, 0.29) is 21.7 Å². The number of carbonyl (C=O) groups is 2. The molecule has 1 heterocycles.